The van der Waals surface area contributed by atoms with Crippen LogP contribution in [0.2, 0.25) is 0 Å². The second kappa shape index (κ2) is 6.78. The van der Waals surface area contributed by atoms with Crippen molar-refractivity contribution >= 4 is 0 Å². The number of hydrogen-bond acceptors (Lipinski definition) is 6. The van der Waals surface area contributed by atoms with E-state index in [1.54, 1.807) is 0 Å². The normalized spacial score (nSPS) is 28.8. The molecule has 2 fully saturated rings. The topological polar surface area (TPSA) is 75.2 Å². The van der Waals surface area contributed by atoms with E-state index in [1.807, 2.05) is 12.5 Å². The molecule has 7 heteroatoms. The van der Waals surface area contributed by atoms with Gasteiger partial charge in [0.25, 0.3) is 0 Å². The molecule has 3 aliphatic rings. The van der Waals surface area contributed by atoms with Crippen molar-refractivity contribution in [2.75, 3.05) is 19.8 Å². The van der Waals surface area contributed by atoms with E-state index in [0.29, 0.717) is 37.6 Å². The molecule has 0 N–H and O–H groups in total. The van der Waals surface area contributed by atoms with Crippen molar-refractivity contribution in [1.29, 1.82) is 0 Å². The molecule has 7 nitrogen and oxygen atoms in total. The maximum absolute atomic E-state index is 5.91. The van der Waals surface area contributed by atoms with Crippen molar-refractivity contribution < 1.29 is 14.0 Å². The zero-order chi connectivity index (χ0) is 19.3. The van der Waals surface area contributed by atoms with E-state index in [9.17, 15) is 0 Å². The summed E-state index contributed by atoms with van der Waals surface area (Å²) in [6, 6.07) is 8.90. The number of benzene rings is 1. The summed E-state index contributed by atoms with van der Waals surface area (Å²) in [5, 5.41) is 4.22. The molecule has 3 aromatic rings. The summed E-state index contributed by atoms with van der Waals surface area (Å²) in [5.41, 5.74) is 3.47. The minimum atomic E-state index is -0.134. The lowest BCUT2D eigenvalue weighted by Gasteiger charge is -2.47. The first-order valence-electron chi connectivity index (χ1n) is 10.5. The second-order valence-electron chi connectivity index (χ2n) is 8.47. The smallest absolute Gasteiger partial charge is 0.230 e. The standard InChI is InChI=1S/C22H24N4O3/c1-2-18-12-23-14-26(18)19(3-1)15-4-6-16(7-5-15)20-24-21(29-25-20)17-10-22(11-17)13-27-8-9-28-22/h4-7,12,14,17,19H,1-3,8-11,13H2. The summed E-state index contributed by atoms with van der Waals surface area (Å²) in [7, 11) is 0. The minimum Gasteiger partial charge on any atom is -0.376 e. The Morgan fingerprint density at radius 2 is 2.00 bits per heavy atom. The van der Waals surface area contributed by atoms with Gasteiger partial charge in [-0.3, -0.25) is 0 Å². The fraction of sp³-hybridized carbons (Fsp3) is 0.500. The Morgan fingerprint density at radius 3 is 2.83 bits per heavy atom. The van der Waals surface area contributed by atoms with Gasteiger partial charge in [-0.25, -0.2) is 4.98 Å². The summed E-state index contributed by atoms with van der Waals surface area (Å²) in [6.45, 7) is 2.04. The van der Waals surface area contributed by atoms with Gasteiger partial charge in [-0.05, 0) is 37.7 Å². The maximum Gasteiger partial charge on any atom is 0.230 e. The predicted molar refractivity (Wildman–Crippen MR) is 105 cm³/mol. The SMILES string of the molecule is c1cc(C2CCCc3cncn32)ccc1-c1noc(C2CC3(COCCO3)C2)n1. The van der Waals surface area contributed by atoms with Crippen LogP contribution in [0, 0.1) is 0 Å². The molecular formula is C22H24N4O3. The van der Waals surface area contributed by atoms with E-state index in [2.05, 4.69) is 44.0 Å². The van der Waals surface area contributed by atoms with E-state index in [4.69, 9.17) is 14.0 Å². The van der Waals surface area contributed by atoms with Gasteiger partial charge in [0.05, 0.1) is 37.8 Å². The van der Waals surface area contributed by atoms with Crippen LogP contribution in [-0.4, -0.2) is 45.1 Å². The maximum atomic E-state index is 5.91. The largest absolute Gasteiger partial charge is 0.376 e. The van der Waals surface area contributed by atoms with Gasteiger partial charge in [0, 0.05) is 23.4 Å². The zero-order valence-electron chi connectivity index (χ0n) is 16.3. The molecule has 1 atom stereocenters. The van der Waals surface area contributed by atoms with Crippen molar-refractivity contribution in [2.24, 2.45) is 0 Å². The molecule has 1 saturated carbocycles. The van der Waals surface area contributed by atoms with Gasteiger partial charge in [-0.1, -0.05) is 29.4 Å². The molecule has 2 aromatic heterocycles. The Morgan fingerprint density at radius 1 is 1.10 bits per heavy atom. The summed E-state index contributed by atoms with van der Waals surface area (Å²) >= 11 is 0. The highest BCUT2D eigenvalue weighted by Gasteiger charge is 2.49. The lowest BCUT2D eigenvalue weighted by atomic mass is 9.70. The molecule has 1 saturated heterocycles. The molecular weight excluding hydrogens is 368 g/mol. The number of aromatic nitrogens is 4. The molecule has 4 heterocycles. The van der Waals surface area contributed by atoms with Crippen LogP contribution in [0.1, 0.15) is 54.8 Å². The molecule has 0 bridgehead atoms. The number of rotatable bonds is 3. The van der Waals surface area contributed by atoms with Gasteiger partial charge in [-0.2, -0.15) is 4.98 Å². The Balaban J connectivity index is 1.17. The molecule has 29 heavy (non-hydrogen) atoms. The van der Waals surface area contributed by atoms with Gasteiger partial charge in [0.15, 0.2) is 0 Å². The van der Waals surface area contributed by atoms with E-state index in [1.165, 1.54) is 17.7 Å². The number of nitrogens with zero attached hydrogens (tertiary/aromatic N) is 4. The van der Waals surface area contributed by atoms with Crippen LogP contribution in [0.3, 0.4) is 0 Å². The van der Waals surface area contributed by atoms with Crippen LogP contribution < -0.4 is 0 Å². The van der Waals surface area contributed by atoms with Gasteiger partial charge < -0.3 is 18.6 Å². The monoisotopic (exact) mass is 392 g/mol. The Kier molecular flexibility index (Phi) is 4.06. The van der Waals surface area contributed by atoms with Crippen LogP contribution in [-0.2, 0) is 15.9 Å². The highest BCUT2D eigenvalue weighted by Crippen LogP contribution is 2.48. The van der Waals surface area contributed by atoms with Crippen molar-refractivity contribution in [3.63, 3.8) is 0 Å². The van der Waals surface area contributed by atoms with Crippen LogP contribution in [0.25, 0.3) is 11.4 Å². The Labute approximate surface area is 169 Å². The number of ether oxygens (including phenoxy) is 2. The molecule has 1 spiro atoms. The van der Waals surface area contributed by atoms with E-state index >= 15 is 0 Å². The second-order valence-corrected chi connectivity index (χ2v) is 8.47. The third-order valence-corrected chi connectivity index (χ3v) is 6.58. The molecule has 0 radical (unpaired) electrons. The van der Waals surface area contributed by atoms with Gasteiger partial charge in [0.1, 0.15) is 0 Å². The summed E-state index contributed by atoms with van der Waals surface area (Å²) in [5.74, 6) is 1.62. The van der Waals surface area contributed by atoms with Crippen molar-refractivity contribution in [3.05, 3.63) is 53.9 Å². The summed E-state index contributed by atoms with van der Waals surface area (Å²) in [6.07, 6.45) is 9.17. The molecule has 1 aliphatic carbocycles. The number of fused-ring (bicyclic) bond motifs is 1. The fourth-order valence-electron chi connectivity index (χ4n) is 4.99. The molecule has 1 unspecified atom stereocenters. The first-order chi connectivity index (χ1) is 14.3. The molecule has 6 rings (SSSR count). The van der Waals surface area contributed by atoms with Crippen LogP contribution in [0.15, 0.2) is 41.3 Å². The average Bonchev–Trinajstić information content (AvgIpc) is 3.42. The van der Waals surface area contributed by atoms with Crippen molar-refractivity contribution in [3.8, 4) is 11.4 Å². The number of aryl methyl sites for hydroxylation is 1. The first-order valence-corrected chi connectivity index (χ1v) is 10.5. The molecule has 0 amide bonds. The highest BCUT2D eigenvalue weighted by molar-refractivity contribution is 5.55. The predicted octanol–water partition coefficient (Wildman–Crippen LogP) is 3.52. The molecule has 1 aromatic carbocycles. The Hall–Kier alpha value is -2.51. The van der Waals surface area contributed by atoms with Gasteiger partial charge >= 0.3 is 0 Å². The Bertz CT molecular complexity index is 995. The third kappa shape index (κ3) is 3.00. The number of hydrogen-bond donors (Lipinski definition) is 0. The highest BCUT2D eigenvalue weighted by atomic mass is 16.6. The number of imidazole rings is 1. The first kappa shape index (κ1) is 17.4. The van der Waals surface area contributed by atoms with E-state index < -0.39 is 0 Å². The van der Waals surface area contributed by atoms with E-state index in [-0.39, 0.29) is 11.5 Å². The fourth-order valence-corrected chi connectivity index (χ4v) is 4.99. The van der Waals surface area contributed by atoms with Crippen molar-refractivity contribution in [1.82, 2.24) is 19.7 Å². The zero-order valence-corrected chi connectivity index (χ0v) is 16.3. The summed E-state index contributed by atoms with van der Waals surface area (Å²) in [4.78, 5) is 8.98. The lowest BCUT2D eigenvalue weighted by Crippen LogP contribution is -2.52. The molecule has 2 aliphatic heterocycles. The minimum absolute atomic E-state index is 0.134. The average molecular weight is 392 g/mol. The van der Waals surface area contributed by atoms with Gasteiger partial charge in [-0.15, -0.1) is 0 Å². The third-order valence-electron chi connectivity index (χ3n) is 6.58. The van der Waals surface area contributed by atoms with E-state index in [0.717, 1.165) is 31.2 Å². The van der Waals surface area contributed by atoms with Crippen LogP contribution in [0.5, 0.6) is 0 Å². The quantitative estimate of drug-likeness (QED) is 0.679. The van der Waals surface area contributed by atoms with Gasteiger partial charge in [0.2, 0.25) is 11.7 Å². The lowest BCUT2D eigenvalue weighted by molar-refractivity contribution is -0.200. The van der Waals surface area contributed by atoms with Crippen LogP contribution in [0.4, 0.5) is 0 Å². The van der Waals surface area contributed by atoms with Crippen LogP contribution >= 0.6 is 0 Å². The summed E-state index contributed by atoms with van der Waals surface area (Å²) < 4.78 is 19.3. The van der Waals surface area contributed by atoms with Crippen molar-refractivity contribution in [2.45, 2.75) is 49.7 Å². The molecule has 150 valence electrons.